The summed E-state index contributed by atoms with van der Waals surface area (Å²) >= 11 is 0. The van der Waals surface area contributed by atoms with Crippen LogP contribution in [-0.4, -0.2) is 29.4 Å². The summed E-state index contributed by atoms with van der Waals surface area (Å²) in [5.41, 5.74) is 1.25. The number of ether oxygens (including phenoxy) is 1. The van der Waals surface area contributed by atoms with Crippen molar-refractivity contribution in [2.45, 2.75) is 31.8 Å². The molecular formula is C13H19NO2. The average molecular weight is 221 g/mol. The molecule has 1 aromatic heterocycles. The second-order valence-electron chi connectivity index (χ2n) is 4.41. The number of rotatable bonds is 4. The predicted octanol–water partition coefficient (Wildman–Crippen LogP) is 1.80. The van der Waals surface area contributed by atoms with Gasteiger partial charge in [-0.2, -0.15) is 0 Å². The van der Waals surface area contributed by atoms with E-state index < -0.39 is 0 Å². The van der Waals surface area contributed by atoms with Gasteiger partial charge in [-0.1, -0.05) is 0 Å². The molecule has 1 fully saturated rings. The number of hydrogen-bond donors (Lipinski definition) is 1. The molecule has 0 aromatic carbocycles. The number of aromatic nitrogens is 1. The number of pyridine rings is 1. The van der Waals surface area contributed by atoms with E-state index in [1.165, 1.54) is 5.56 Å². The monoisotopic (exact) mass is 221 g/mol. The molecule has 0 amide bonds. The van der Waals surface area contributed by atoms with Crippen LogP contribution in [-0.2, 0) is 11.2 Å². The zero-order valence-corrected chi connectivity index (χ0v) is 9.51. The SMILES string of the molecule is OC(CCc1ccncc1)C1CCOCC1. The van der Waals surface area contributed by atoms with Crippen molar-refractivity contribution in [2.24, 2.45) is 5.92 Å². The molecule has 0 radical (unpaired) electrons. The lowest BCUT2D eigenvalue weighted by Crippen LogP contribution is -2.27. The molecule has 1 aliphatic heterocycles. The summed E-state index contributed by atoms with van der Waals surface area (Å²) in [5, 5.41) is 10.1. The van der Waals surface area contributed by atoms with Gasteiger partial charge >= 0.3 is 0 Å². The Balaban J connectivity index is 1.76. The van der Waals surface area contributed by atoms with Gasteiger partial charge in [0.2, 0.25) is 0 Å². The number of nitrogens with zero attached hydrogens (tertiary/aromatic N) is 1. The lowest BCUT2D eigenvalue weighted by molar-refractivity contribution is 0.00516. The molecule has 1 N–H and O–H groups in total. The molecule has 1 aromatic rings. The Kier molecular flexibility index (Phi) is 4.31. The van der Waals surface area contributed by atoms with Crippen molar-refractivity contribution >= 4 is 0 Å². The number of hydrogen-bond acceptors (Lipinski definition) is 3. The highest BCUT2D eigenvalue weighted by molar-refractivity contribution is 5.09. The first-order chi connectivity index (χ1) is 7.86. The highest BCUT2D eigenvalue weighted by Crippen LogP contribution is 2.21. The van der Waals surface area contributed by atoms with Crippen molar-refractivity contribution in [1.29, 1.82) is 0 Å². The average Bonchev–Trinajstić information content (AvgIpc) is 2.38. The highest BCUT2D eigenvalue weighted by atomic mass is 16.5. The van der Waals surface area contributed by atoms with Crippen LogP contribution in [0.2, 0.25) is 0 Å². The van der Waals surface area contributed by atoms with E-state index in [-0.39, 0.29) is 6.10 Å². The minimum absolute atomic E-state index is 0.183. The quantitative estimate of drug-likeness (QED) is 0.843. The Hall–Kier alpha value is -0.930. The Morgan fingerprint density at radius 1 is 1.31 bits per heavy atom. The molecule has 1 saturated heterocycles. The standard InChI is InChI=1S/C13H19NO2/c15-13(12-5-9-16-10-6-12)2-1-11-3-7-14-8-4-11/h3-4,7-8,12-13,15H,1-2,5-6,9-10H2. The summed E-state index contributed by atoms with van der Waals surface area (Å²) in [6, 6.07) is 4.02. The molecule has 0 bridgehead atoms. The van der Waals surface area contributed by atoms with Gasteiger partial charge in [0.05, 0.1) is 6.10 Å². The molecule has 1 aliphatic rings. The summed E-state index contributed by atoms with van der Waals surface area (Å²) in [6.45, 7) is 1.61. The van der Waals surface area contributed by atoms with Crippen LogP contribution in [0, 0.1) is 5.92 Å². The molecule has 0 aliphatic carbocycles. The van der Waals surface area contributed by atoms with Gasteiger partial charge in [-0.3, -0.25) is 4.98 Å². The lowest BCUT2D eigenvalue weighted by Gasteiger charge is -2.26. The second-order valence-corrected chi connectivity index (χ2v) is 4.41. The fraction of sp³-hybridized carbons (Fsp3) is 0.615. The van der Waals surface area contributed by atoms with E-state index in [2.05, 4.69) is 4.98 Å². The summed E-state index contributed by atoms with van der Waals surface area (Å²) in [4.78, 5) is 3.98. The van der Waals surface area contributed by atoms with Gasteiger partial charge in [-0.05, 0) is 49.3 Å². The third kappa shape index (κ3) is 3.29. The zero-order valence-electron chi connectivity index (χ0n) is 9.51. The van der Waals surface area contributed by atoms with E-state index in [9.17, 15) is 5.11 Å². The van der Waals surface area contributed by atoms with Crippen molar-refractivity contribution in [3.05, 3.63) is 30.1 Å². The summed E-state index contributed by atoms with van der Waals surface area (Å²) < 4.78 is 5.29. The molecule has 2 heterocycles. The van der Waals surface area contributed by atoms with E-state index in [1.54, 1.807) is 12.4 Å². The van der Waals surface area contributed by atoms with Gasteiger partial charge in [-0.15, -0.1) is 0 Å². The minimum Gasteiger partial charge on any atom is -0.393 e. The van der Waals surface area contributed by atoms with E-state index in [0.29, 0.717) is 5.92 Å². The fourth-order valence-electron chi connectivity index (χ4n) is 2.20. The van der Waals surface area contributed by atoms with Crippen LogP contribution in [0.15, 0.2) is 24.5 Å². The normalized spacial score (nSPS) is 19.6. The van der Waals surface area contributed by atoms with Gasteiger partial charge in [0.25, 0.3) is 0 Å². The Morgan fingerprint density at radius 2 is 2.00 bits per heavy atom. The van der Waals surface area contributed by atoms with Gasteiger partial charge < -0.3 is 9.84 Å². The Morgan fingerprint density at radius 3 is 2.69 bits per heavy atom. The van der Waals surface area contributed by atoms with Gasteiger partial charge in [0, 0.05) is 25.6 Å². The van der Waals surface area contributed by atoms with E-state index in [0.717, 1.165) is 38.9 Å². The first-order valence-corrected chi connectivity index (χ1v) is 6.01. The molecule has 1 atom stereocenters. The molecule has 3 nitrogen and oxygen atoms in total. The third-order valence-electron chi connectivity index (χ3n) is 3.29. The van der Waals surface area contributed by atoms with Crippen LogP contribution >= 0.6 is 0 Å². The largest absolute Gasteiger partial charge is 0.393 e. The Bertz CT molecular complexity index is 296. The molecule has 3 heteroatoms. The first kappa shape index (κ1) is 11.6. The molecule has 2 rings (SSSR count). The topological polar surface area (TPSA) is 42.4 Å². The van der Waals surface area contributed by atoms with Crippen molar-refractivity contribution in [1.82, 2.24) is 4.98 Å². The highest BCUT2D eigenvalue weighted by Gasteiger charge is 2.21. The fourth-order valence-corrected chi connectivity index (χ4v) is 2.20. The predicted molar refractivity (Wildman–Crippen MR) is 62.1 cm³/mol. The number of aryl methyl sites for hydroxylation is 1. The first-order valence-electron chi connectivity index (χ1n) is 6.01. The maximum atomic E-state index is 10.1. The molecular weight excluding hydrogens is 202 g/mol. The van der Waals surface area contributed by atoms with Crippen LogP contribution < -0.4 is 0 Å². The van der Waals surface area contributed by atoms with Gasteiger partial charge in [-0.25, -0.2) is 0 Å². The third-order valence-corrected chi connectivity index (χ3v) is 3.29. The van der Waals surface area contributed by atoms with Crippen LogP contribution in [0.3, 0.4) is 0 Å². The van der Waals surface area contributed by atoms with Crippen molar-refractivity contribution in [3.63, 3.8) is 0 Å². The number of aliphatic hydroxyl groups is 1. The summed E-state index contributed by atoms with van der Waals surface area (Å²) in [7, 11) is 0. The van der Waals surface area contributed by atoms with Gasteiger partial charge in [0.1, 0.15) is 0 Å². The van der Waals surface area contributed by atoms with Gasteiger partial charge in [0.15, 0.2) is 0 Å². The molecule has 1 unspecified atom stereocenters. The molecule has 0 spiro atoms. The smallest absolute Gasteiger partial charge is 0.0573 e. The van der Waals surface area contributed by atoms with Crippen LogP contribution in [0.25, 0.3) is 0 Å². The molecule has 88 valence electrons. The maximum absolute atomic E-state index is 10.1. The second kappa shape index (κ2) is 5.97. The van der Waals surface area contributed by atoms with Crippen molar-refractivity contribution in [2.75, 3.05) is 13.2 Å². The molecule has 0 saturated carbocycles. The molecule has 16 heavy (non-hydrogen) atoms. The number of aliphatic hydroxyl groups excluding tert-OH is 1. The zero-order chi connectivity index (χ0) is 11.2. The minimum atomic E-state index is -0.183. The van der Waals surface area contributed by atoms with E-state index in [4.69, 9.17) is 4.74 Å². The van der Waals surface area contributed by atoms with E-state index in [1.807, 2.05) is 12.1 Å². The summed E-state index contributed by atoms with van der Waals surface area (Å²) in [5.74, 6) is 0.426. The van der Waals surface area contributed by atoms with Crippen molar-refractivity contribution < 1.29 is 9.84 Å². The summed E-state index contributed by atoms with van der Waals surface area (Å²) in [6.07, 6.45) is 7.19. The Labute approximate surface area is 96.5 Å². The van der Waals surface area contributed by atoms with Crippen LogP contribution in [0.5, 0.6) is 0 Å². The van der Waals surface area contributed by atoms with Crippen LogP contribution in [0.1, 0.15) is 24.8 Å². The maximum Gasteiger partial charge on any atom is 0.0573 e. The van der Waals surface area contributed by atoms with Crippen LogP contribution in [0.4, 0.5) is 0 Å². The lowest BCUT2D eigenvalue weighted by atomic mass is 9.90. The van der Waals surface area contributed by atoms with Crippen molar-refractivity contribution in [3.8, 4) is 0 Å². The van der Waals surface area contributed by atoms with E-state index >= 15 is 0 Å².